The van der Waals surface area contributed by atoms with Gasteiger partial charge >= 0.3 is 0 Å². The Bertz CT molecular complexity index is 382. The van der Waals surface area contributed by atoms with Crippen LogP contribution < -0.4 is 10.1 Å². The van der Waals surface area contributed by atoms with Gasteiger partial charge in [0.05, 0.1) is 13.2 Å². The maximum Gasteiger partial charge on any atom is 0.118 e. The fourth-order valence-corrected chi connectivity index (χ4v) is 2.50. The predicted octanol–water partition coefficient (Wildman–Crippen LogP) is 2.44. The number of ether oxygens (including phenoxy) is 1. The van der Waals surface area contributed by atoms with Gasteiger partial charge in [-0.15, -0.1) is 0 Å². The van der Waals surface area contributed by atoms with E-state index < -0.39 is 6.10 Å². The molecule has 0 radical (unpaired) electrons. The first-order chi connectivity index (χ1) is 9.95. The van der Waals surface area contributed by atoms with Gasteiger partial charge in [-0.05, 0) is 45.4 Å². The highest BCUT2D eigenvalue weighted by atomic mass is 16.5. The zero-order chi connectivity index (χ0) is 15.8. The monoisotopic (exact) mass is 294 g/mol. The molecule has 0 amide bonds. The van der Waals surface area contributed by atoms with Gasteiger partial charge in [-0.1, -0.05) is 12.1 Å². The van der Waals surface area contributed by atoms with Gasteiger partial charge in [-0.25, -0.2) is 0 Å². The van der Waals surface area contributed by atoms with Crippen molar-refractivity contribution in [2.75, 3.05) is 26.7 Å². The van der Waals surface area contributed by atoms with Crippen LogP contribution in [0, 0.1) is 0 Å². The van der Waals surface area contributed by atoms with Crippen molar-refractivity contribution >= 4 is 0 Å². The molecule has 21 heavy (non-hydrogen) atoms. The first kappa shape index (κ1) is 18.0. The Morgan fingerprint density at radius 1 is 1.10 bits per heavy atom. The van der Waals surface area contributed by atoms with Crippen molar-refractivity contribution in [2.24, 2.45) is 0 Å². The molecule has 1 atom stereocenters. The molecule has 0 saturated heterocycles. The third-order valence-corrected chi connectivity index (χ3v) is 3.71. The van der Waals surface area contributed by atoms with Crippen LogP contribution in [-0.4, -0.2) is 48.8 Å². The Morgan fingerprint density at radius 2 is 1.67 bits per heavy atom. The van der Waals surface area contributed by atoms with E-state index in [1.54, 1.807) is 7.11 Å². The minimum Gasteiger partial charge on any atom is -0.497 e. The summed E-state index contributed by atoms with van der Waals surface area (Å²) in [6, 6.07) is 8.63. The molecule has 0 fully saturated rings. The summed E-state index contributed by atoms with van der Waals surface area (Å²) in [7, 11) is 1.64. The van der Waals surface area contributed by atoms with Crippen molar-refractivity contribution < 1.29 is 9.84 Å². The third-order valence-electron chi connectivity index (χ3n) is 3.71. The second-order valence-corrected chi connectivity index (χ2v) is 5.92. The lowest BCUT2D eigenvalue weighted by Gasteiger charge is -2.30. The second-order valence-electron chi connectivity index (χ2n) is 5.92. The van der Waals surface area contributed by atoms with Crippen molar-refractivity contribution in [1.29, 1.82) is 0 Å². The van der Waals surface area contributed by atoms with Crippen LogP contribution >= 0.6 is 0 Å². The summed E-state index contributed by atoms with van der Waals surface area (Å²) < 4.78 is 5.12. The molecule has 1 unspecified atom stereocenters. The molecule has 0 aliphatic carbocycles. The van der Waals surface area contributed by atoms with Crippen molar-refractivity contribution in [3.05, 3.63) is 29.8 Å². The third kappa shape index (κ3) is 6.04. The minimum absolute atomic E-state index is 0.484. The number of benzene rings is 1. The molecular weight excluding hydrogens is 264 g/mol. The summed E-state index contributed by atoms with van der Waals surface area (Å²) in [5.74, 6) is 0.809. The first-order valence-electron chi connectivity index (χ1n) is 7.74. The van der Waals surface area contributed by atoms with E-state index in [2.05, 4.69) is 37.9 Å². The summed E-state index contributed by atoms with van der Waals surface area (Å²) in [4.78, 5) is 2.44. The van der Waals surface area contributed by atoms with Crippen LogP contribution in [0.25, 0.3) is 0 Å². The number of nitrogens with one attached hydrogen (secondary N) is 1. The molecule has 4 heteroatoms. The number of aliphatic hydroxyl groups is 1. The van der Waals surface area contributed by atoms with E-state index in [-0.39, 0.29) is 0 Å². The molecule has 0 spiro atoms. The standard InChI is InChI=1S/C17H30N2O2/c1-13(2)19(14(3)4)11-10-18-12-17(20)15-6-8-16(21-5)9-7-15/h6-9,13-14,17-18,20H,10-12H2,1-5H3. The van der Waals surface area contributed by atoms with E-state index in [0.717, 1.165) is 24.4 Å². The maximum atomic E-state index is 10.2. The molecule has 2 N–H and O–H groups in total. The van der Waals surface area contributed by atoms with E-state index in [0.29, 0.717) is 18.6 Å². The Hall–Kier alpha value is -1.10. The average Bonchev–Trinajstić information content (AvgIpc) is 2.46. The van der Waals surface area contributed by atoms with Crippen LogP contribution in [0.4, 0.5) is 0 Å². The molecule has 0 saturated carbocycles. The van der Waals surface area contributed by atoms with Crippen LogP contribution in [0.15, 0.2) is 24.3 Å². The van der Waals surface area contributed by atoms with Gasteiger partial charge in [0.15, 0.2) is 0 Å². The fraction of sp³-hybridized carbons (Fsp3) is 0.647. The molecule has 0 heterocycles. The maximum absolute atomic E-state index is 10.2. The number of methoxy groups -OCH3 is 1. The lowest BCUT2D eigenvalue weighted by Crippen LogP contribution is -2.42. The molecule has 0 bridgehead atoms. The quantitative estimate of drug-likeness (QED) is 0.687. The Labute approximate surface area is 129 Å². The van der Waals surface area contributed by atoms with Crippen molar-refractivity contribution in [2.45, 2.75) is 45.9 Å². The number of hydrogen-bond acceptors (Lipinski definition) is 4. The van der Waals surface area contributed by atoms with E-state index in [9.17, 15) is 5.11 Å². The van der Waals surface area contributed by atoms with Gasteiger partial charge in [-0.2, -0.15) is 0 Å². The van der Waals surface area contributed by atoms with Crippen molar-refractivity contribution in [3.63, 3.8) is 0 Å². The zero-order valence-corrected chi connectivity index (χ0v) is 14.0. The largest absolute Gasteiger partial charge is 0.497 e. The fourth-order valence-electron chi connectivity index (χ4n) is 2.50. The Morgan fingerprint density at radius 3 is 2.14 bits per heavy atom. The highest BCUT2D eigenvalue weighted by Gasteiger charge is 2.13. The molecule has 0 aliphatic heterocycles. The molecular formula is C17H30N2O2. The van der Waals surface area contributed by atoms with Crippen LogP contribution in [0.5, 0.6) is 5.75 Å². The summed E-state index contributed by atoms with van der Waals surface area (Å²) in [5, 5.41) is 13.5. The van der Waals surface area contributed by atoms with E-state index in [1.165, 1.54) is 0 Å². The van der Waals surface area contributed by atoms with Crippen LogP contribution in [0.1, 0.15) is 39.4 Å². The topological polar surface area (TPSA) is 44.7 Å². The van der Waals surface area contributed by atoms with Gasteiger partial charge in [-0.3, -0.25) is 4.90 Å². The smallest absolute Gasteiger partial charge is 0.118 e. The van der Waals surface area contributed by atoms with Crippen molar-refractivity contribution in [3.8, 4) is 5.75 Å². The molecule has 120 valence electrons. The molecule has 0 aromatic heterocycles. The van der Waals surface area contributed by atoms with Gasteiger partial charge in [0, 0.05) is 31.7 Å². The molecule has 1 aromatic rings. The first-order valence-corrected chi connectivity index (χ1v) is 7.74. The van der Waals surface area contributed by atoms with Crippen LogP contribution in [-0.2, 0) is 0 Å². The van der Waals surface area contributed by atoms with Gasteiger partial charge in [0.1, 0.15) is 5.75 Å². The Kier molecular flexibility index (Phi) is 7.72. The summed E-state index contributed by atoms with van der Waals surface area (Å²) in [6.07, 6.45) is -0.484. The van der Waals surface area contributed by atoms with Crippen molar-refractivity contribution in [1.82, 2.24) is 10.2 Å². The second kappa shape index (κ2) is 9.03. The SMILES string of the molecule is COc1ccc(C(O)CNCCN(C(C)C)C(C)C)cc1. The molecule has 1 rings (SSSR count). The minimum atomic E-state index is -0.484. The summed E-state index contributed by atoms with van der Waals surface area (Å²) >= 11 is 0. The lowest BCUT2D eigenvalue weighted by atomic mass is 10.1. The normalized spacial score (nSPS) is 13.2. The Balaban J connectivity index is 2.34. The number of rotatable bonds is 9. The van der Waals surface area contributed by atoms with E-state index in [4.69, 9.17) is 4.74 Å². The van der Waals surface area contributed by atoms with E-state index >= 15 is 0 Å². The van der Waals surface area contributed by atoms with Gasteiger partial charge < -0.3 is 15.2 Å². The molecule has 1 aromatic carbocycles. The average molecular weight is 294 g/mol. The number of aliphatic hydroxyl groups excluding tert-OH is 1. The lowest BCUT2D eigenvalue weighted by molar-refractivity contribution is 0.157. The van der Waals surface area contributed by atoms with Crippen LogP contribution in [0.2, 0.25) is 0 Å². The predicted molar refractivity (Wildman–Crippen MR) is 87.8 cm³/mol. The van der Waals surface area contributed by atoms with Gasteiger partial charge in [0.25, 0.3) is 0 Å². The zero-order valence-electron chi connectivity index (χ0n) is 14.0. The molecule has 4 nitrogen and oxygen atoms in total. The van der Waals surface area contributed by atoms with Crippen LogP contribution in [0.3, 0.4) is 0 Å². The van der Waals surface area contributed by atoms with E-state index in [1.807, 2.05) is 24.3 Å². The highest BCUT2D eigenvalue weighted by Crippen LogP contribution is 2.16. The summed E-state index contributed by atoms with van der Waals surface area (Å²) in [5.41, 5.74) is 0.910. The number of nitrogens with zero attached hydrogens (tertiary/aromatic N) is 1. The van der Waals surface area contributed by atoms with Gasteiger partial charge in [0.2, 0.25) is 0 Å². The summed E-state index contributed by atoms with van der Waals surface area (Å²) in [6.45, 7) is 11.3. The number of hydrogen-bond donors (Lipinski definition) is 2. The highest BCUT2D eigenvalue weighted by molar-refractivity contribution is 5.28. The molecule has 0 aliphatic rings.